The lowest BCUT2D eigenvalue weighted by Crippen LogP contribution is -2.15. The Morgan fingerprint density at radius 3 is 2.65 bits per heavy atom. The molecule has 0 saturated carbocycles. The maximum Gasteiger partial charge on any atom is 0.227 e. The Morgan fingerprint density at radius 2 is 1.95 bits per heavy atom. The second-order valence-corrected chi connectivity index (χ2v) is 5.47. The summed E-state index contributed by atoms with van der Waals surface area (Å²) in [4.78, 5) is 11.7. The fourth-order valence-corrected chi connectivity index (χ4v) is 1.99. The van der Waals surface area contributed by atoms with Crippen LogP contribution >= 0.6 is 22.6 Å². The van der Waals surface area contributed by atoms with Crippen LogP contribution < -0.4 is 15.8 Å². The molecule has 1 amide bonds. The Labute approximate surface area is 131 Å². The molecule has 0 aliphatic carbocycles. The predicted octanol–water partition coefficient (Wildman–Crippen LogP) is 3.28. The van der Waals surface area contributed by atoms with E-state index in [0.717, 1.165) is 9.32 Å². The standard InChI is InChI=1S/C15H15IN2O2/c16-11-4-6-14(7-5-11)20-9-8-15(19)18-13-3-1-2-12(17)10-13/h1-7,10H,8-9,17H2,(H,18,19). The molecule has 0 heterocycles. The van der Waals surface area contributed by atoms with E-state index in [1.807, 2.05) is 24.3 Å². The van der Waals surface area contributed by atoms with Gasteiger partial charge in [0.2, 0.25) is 5.91 Å². The number of amides is 1. The first-order valence-electron chi connectivity index (χ1n) is 6.17. The number of hydrogen-bond donors (Lipinski definition) is 2. The van der Waals surface area contributed by atoms with Crippen molar-refractivity contribution in [2.24, 2.45) is 0 Å². The van der Waals surface area contributed by atoms with Crippen LogP contribution in [0.5, 0.6) is 5.75 Å². The monoisotopic (exact) mass is 382 g/mol. The first-order valence-corrected chi connectivity index (χ1v) is 7.25. The lowest BCUT2D eigenvalue weighted by atomic mass is 10.3. The zero-order chi connectivity index (χ0) is 14.4. The molecule has 0 bridgehead atoms. The lowest BCUT2D eigenvalue weighted by molar-refractivity contribution is -0.116. The minimum absolute atomic E-state index is 0.0962. The van der Waals surface area contributed by atoms with Gasteiger partial charge in [-0.25, -0.2) is 0 Å². The number of ether oxygens (including phenoxy) is 1. The molecule has 3 N–H and O–H groups in total. The summed E-state index contributed by atoms with van der Waals surface area (Å²) >= 11 is 2.23. The number of carbonyl (C=O) groups excluding carboxylic acids is 1. The highest BCUT2D eigenvalue weighted by Gasteiger charge is 2.03. The number of nitrogens with two attached hydrogens (primary N) is 1. The molecule has 0 fully saturated rings. The summed E-state index contributed by atoms with van der Waals surface area (Å²) in [5, 5.41) is 2.78. The second kappa shape index (κ2) is 7.14. The summed E-state index contributed by atoms with van der Waals surface area (Å²) in [5.41, 5.74) is 6.97. The van der Waals surface area contributed by atoms with E-state index in [1.165, 1.54) is 0 Å². The predicted molar refractivity (Wildman–Crippen MR) is 88.8 cm³/mol. The van der Waals surface area contributed by atoms with Gasteiger partial charge in [-0.2, -0.15) is 0 Å². The molecule has 0 radical (unpaired) electrons. The summed E-state index contributed by atoms with van der Waals surface area (Å²) in [6, 6.07) is 14.8. The fourth-order valence-electron chi connectivity index (χ4n) is 1.63. The van der Waals surface area contributed by atoms with Crippen molar-refractivity contribution in [2.75, 3.05) is 17.7 Å². The fraction of sp³-hybridized carbons (Fsp3) is 0.133. The van der Waals surface area contributed by atoms with Crippen molar-refractivity contribution in [1.29, 1.82) is 0 Å². The largest absolute Gasteiger partial charge is 0.493 e. The minimum Gasteiger partial charge on any atom is -0.493 e. The van der Waals surface area contributed by atoms with Gasteiger partial charge in [0.25, 0.3) is 0 Å². The Kier molecular flexibility index (Phi) is 5.23. The highest BCUT2D eigenvalue weighted by Crippen LogP contribution is 2.14. The van der Waals surface area contributed by atoms with Crippen molar-refractivity contribution in [3.8, 4) is 5.75 Å². The van der Waals surface area contributed by atoms with Gasteiger partial charge in [-0.15, -0.1) is 0 Å². The van der Waals surface area contributed by atoms with Crippen molar-refractivity contribution in [3.05, 3.63) is 52.1 Å². The van der Waals surface area contributed by atoms with Crippen LogP contribution in [0.25, 0.3) is 0 Å². The van der Waals surface area contributed by atoms with E-state index in [9.17, 15) is 4.79 Å². The SMILES string of the molecule is Nc1cccc(NC(=O)CCOc2ccc(I)cc2)c1. The number of rotatable bonds is 5. The van der Waals surface area contributed by atoms with Crippen LogP contribution in [0.15, 0.2) is 48.5 Å². The summed E-state index contributed by atoms with van der Waals surface area (Å²) < 4.78 is 6.65. The van der Waals surface area contributed by atoms with Gasteiger partial charge in [-0.3, -0.25) is 4.79 Å². The molecule has 0 aliphatic heterocycles. The smallest absolute Gasteiger partial charge is 0.227 e. The van der Waals surface area contributed by atoms with E-state index >= 15 is 0 Å². The van der Waals surface area contributed by atoms with Gasteiger partial charge in [0, 0.05) is 14.9 Å². The molecular weight excluding hydrogens is 367 g/mol. The van der Waals surface area contributed by atoms with Crippen LogP contribution in [0, 0.1) is 3.57 Å². The number of halogens is 1. The lowest BCUT2D eigenvalue weighted by Gasteiger charge is -2.07. The Morgan fingerprint density at radius 1 is 1.20 bits per heavy atom. The number of benzene rings is 2. The Bertz CT molecular complexity index is 585. The van der Waals surface area contributed by atoms with E-state index in [4.69, 9.17) is 10.5 Å². The second-order valence-electron chi connectivity index (χ2n) is 4.23. The van der Waals surface area contributed by atoms with Gasteiger partial charge in [0.05, 0.1) is 13.0 Å². The molecule has 104 valence electrons. The number of nitrogen functional groups attached to an aromatic ring is 1. The summed E-state index contributed by atoms with van der Waals surface area (Å²) in [7, 11) is 0. The summed E-state index contributed by atoms with van der Waals surface area (Å²) in [5.74, 6) is 0.670. The average molecular weight is 382 g/mol. The third kappa shape index (κ3) is 4.73. The van der Waals surface area contributed by atoms with Crippen LogP contribution in [0.3, 0.4) is 0 Å². The molecule has 0 saturated heterocycles. The molecule has 5 heteroatoms. The van der Waals surface area contributed by atoms with Crippen LogP contribution in [0.1, 0.15) is 6.42 Å². The van der Waals surface area contributed by atoms with Gasteiger partial charge in [-0.05, 0) is 65.1 Å². The molecule has 4 nitrogen and oxygen atoms in total. The summed E-state index contributed by atoms with van der Waals surface area (Å²) in [6.45, 7) is 0.342. The quantitative estimate of drug-likeness (QED) is 0.616. The van der Waals surface area contributed by atoms with E-state index in [0.29, 0.717) is 24.4 Å². The normalized spacial score (nSPS) is 10.1. The van der Waals surface area contributed by atoms with Crippen molar-refractivity contribution < 1.29 is 9.53 Å². The molecule has 0 aliphatic rings. The topological polar surface area (TPSA) is 64.3 Å². The minimum atomic E-state index is -0.0962. The Hall–Kier alpha value is -1.76. The van der Waals surface area contributed by atoms with Gasteiger partial charge in [0.1, 0.15) is 5.75 Å². The van der Waals surface area contributed by atoms with Crippen LogP contribution in [-0.2, 0) is 4.79 Å². The third-order valence-corrected chi connectivity index (χ3v) is 3.30. The molecule has 2 rings (SSSR count). The molecular formula is C15H15IN2O2. The van der Waals surface area contributed by atoms with Gasteiger partial charge >= 0.3 is 0 Å². The van der Waals surface area contributed by atoms with Crippen molar-refractivity contribution in [3.63, 3.8) is 0 Å². The third-order valence-electron chi connectivity index (χ3n) is 2.58. The van der Waals surface area contributed by atoms with Crippen molar-refractivity contribution >= 4 is 39.9 Å². The zero-order valence-electron chi connectivity index (χ0n) is 10.8. The van der Waals surface area contributed by atoms with E-state index in [2.05, 4.69) is 27.9 Å². The number of nitrogens with one attached hydrogen (secondary N) is 1. The van der Waals surface area contributed by atoms with E-state index < -0.39 is 0 Å². The summed E-state index contributed by atoms with van der Waals surface area (Å²) in [6.07, 6.45) is 0.292. The van der Waals surface area contributed by atoms with Gasteiger partial charge in [0.15, 0.2) is 0 Å². The van der Waals surface area contributed by atoms with Crippen LogP contribution in [0.4, 0.5) is 11.4 Å². The van der Waals surface area contributed by atoms with Crippen LogP contribution in [0.2, 0.25) is 0 Å². The number of hydrogen-bond acceptors (Lipinski definition) is 3. The molecule has 20 heavy (non-hydrogen) atoms. The highest BCUT2D eigenvalue weighted by molar-refractivity contribution is 14.1. The molecule has 0 aromatic heterocycles. The highest BCUT2D eigenvalue weighted by atomic mass is 127. The van der Waals surface area contributed by atoms with Crippen LogP contribution in [-0.4, -0.2) is 12.5 Å². The van der Waals surface area contributed by atoms with E-state index in [1.54, 1.807) is 24.3 Å². The zero-order valence-corrected chi connectivity index (χ0v) is 13.0. The number of anilines is 2. The molecule has 2 aromatic carbocycles. The first-order chi connectivity index (χ1) is 9.63. The average Bonchev–Trinajstić information content (AvgIpc) is 2.41. The van der Waals surface area contributed by atoms with Crippen molar-refractivity contribution in [2.45, 2.75) is 6.42 Å². The molecule has 0 unspecified atom stereocenters. The maximum absolute atomic E-state index is 11.7. The van der Waals surface area contributed by atoms with Gasteiger partial charge in [-0.1, -0.05) is 6.07 Å². The number of carbonyl (C=O) groups is 1. The maximum atomic E-state index is 11.7. The molecule has 0 spiro atoms. The first kappa shape index (κ1) is 14.6. The van der Waals surface area contributed by atoms with E-state index in [-0.39, 0.29) is 5.91 Å². The Balaban J connectivity index is 1.76. The molecule has 2 aromatic rings. The molecule has 0 atom stereocenters. The van der Waals surface area contributed by atoms with Gasteiger partial charge < -0.3 is 15.8 Å². The van der Waals surface area contributed by atoms with Crippen molar-refractivity contribution in [1.82, 2.24) is 0 Å².